The molecule has 2 N–H and O–H groups in total. The molecule has 0 aliphatic rings. The van der Waals surface area contributed by atoms with Gasteiger partial charge < -0.3 is 15.4 Å². The van der Waals surface area contributed by atoms with Gasteiger partial charge in [0.15, 0.2) is 0 Å². The maximum Gasteiger partial charge on any atom is 0.243 e. The summed E-state index contributed by atoms with van der Waals surface area (Å²) in [5.74, 6) is 0.114. The zero-order valence-electron chi connectivity index (χ0n) is 15.2. The Morgan fingerprint density at radius 1 is 0.889 bits per heavy atom. The summed E-state index contributed by atoms with van der Waals surface area (Å²) in [4.78, 5) is 24.4. The average molecular weight is 362 g/mol. The first-order chi connectivity index (χ1) is 13.2. The van der Waals surface area contributed by atoms with Crippen LogP contribution in [0, 0.1) is 0 Å². The largest absolute Gasteiger partial charge is 0.492 e. The van der Waals surface area contributed by atoms with Crippen LogP contribution in [-0.2, 0) is 16.0 Å². The number of carbonyl (C=O) groups is 2. The van der Waals surface area contributed by atoms with E-state index in [0.29, 0.717) is 18.0 Å². The van der Waals surface area contributed by atoms with E-state index in [2.05, 4.69) is 10.6 Å². The Labute approximate surface area is 158 Å². The van der Waals surface area contributed by atoms with Gasteiger partial charge in [0.05, 0.1) is 25.3 Å². The van der Waals surface area contributed by atoms with E-state index < -0.39 is 0 Å². The fourth-order valence-electron chi connectivity index (χ4n) is 2.91. The standard InChI is InChI=1S/C22H22N2O3/c1-2-27-20-13-6-5-12-19(20)24-22(26)15-23-21(25)14-17-10-7-9-16-8-3-4-11-18(16)17/h3-13H,2,14-15H2,1H3,(H,23,25)(H,24,26). The number of benzene rings is 3. The number of fused-ring (bicyclic) bond motifs is 1. The molecule has 0 aromatic heterocycles. The first-order valence-electron chi connectivity index (χ1n) is 8.92. The molecule has 0 spiro atoms. The Balaban J connectivity index is 1.57. The highest BCUT2D eigenvalue weighted by atomic mass is 16.5. The molecule has 5 nitrogen and oxygen atoms in total. The summed E-state index contributed by atoms with van der Waals surface area (Å²) in [5, 5.41) is 7.58. The zero-order valence-corrected chi connectivity index (χ0v) is 15.2. The summed E-state index contributed by atoms with van der Waals surface area (Å²) in [5.41, 5.74) is 1.53. The fourth-order valence-corrected chi connectivity index (χ4v) is 2.91. The minimum absolute atomic E-state index is 0.0932. The Morgan fingerprint density at radius 2 is 1.63 bits per heavy atom. The molecule has 0 fully saturated rings. The third kappa shape index (κ3) is 4.85. The predicted octanol–water partition coefficient (Wildman–Crippen LogP) is 3.54. The molecule has 0 bridgehead atoms. The molecule has 138 valence electrons. The van der Waals surface area contributed by atoms with E-state index in [1.165, 1.54) is 0 Å². The van der Waals surface area contributed by atoms with Gasteiger partial charge in [-0.25, -0.2) is 0 Å². The second-order valence-electron chi connectivity index (χ2n) is 6.07. The van der Waals surface area contributed by atoms with Crippen LogP contribution in [0.5, 0.6) is 5.75 Å². The molecule has 0 saturated carbocycles. The Morgan fingerprint density at radius 3 is 2.48 bits per heavy atom. The van der Waals surface area contributed by atoms with Crippen molar-refractivity contribution in [2.45, 2.75) is 13.3 Å². The molecule has 0 heterocycles. The first-order valence-corrected chi connectivity index (χ1v) is 8.92. The molecule has 0 radical (unpaired) electrons. The van der Waals surface area contributed by atoms with Crippen LogP contribution in [0.25, 0.3) is 10.8 Å². The van der Waals surface area contributed by atoms with Crippen molar-refractivity contribution in [2.75, 3.05) is 18.5 Å². The summed E-state index contributed by atoms with van der Waals surface area (Å²) < 4.78 is 5.48. The smallest absolute Gasteiger partial charge is 0.243 e. The number of amides is 2. The second kappa shape index (κ2) is 8.85. The molecule has 0 saturated heterocycles. The normalized spacial score (nSPS) is 10.4. The summed E-state index contributed by atoms with van der Waals surface area (Å²) >= 11 is 0. The lowest BCUT2D eigenvalue weighted by atomic mass is 10.0. The van der Waals surface area contributed by atoms with Gasteiger partial charge in [-0.2, -0.15) is 0 Å². The summed E-state index contributed by atoms with van der Waals surface area (Å²) in [6.45, 7) is 2.30. The maximum atomic E-state index is 12.3. The van der Waals surface area contributed by atoms with Gasteiger partial charge in [0, 0.05) is 0 Å². The van der Waals surface area contributed by atoms with Crippen molar-refractivity contribution in [1.82, 2.24) is 5.32 Å². The van der Waals surface area contributed by atoms with Gasteiger partial charge in [-0.15, -0.1) is 0 Å². The Bertz CT molecular complexity index is 948. The molecule has 5 heteroatoms. The van der Waals surface area contributed by atoms with Crippen molar-refractivity contribution >= 4 is 28.3 Å². The zero-order chi connectivity index (χ0) is 19.1. The van der Waals surface area contributed by atoms with E-state index in [9.17, 15) is 9.59 Å². The van der Waals surface area contributed by atoms with Gasteiger partial charge in [-0.1, -0.05) is 54.6 Å². The van der Waals surface area contributed by atoms with E-state index >= 15 is 0 Å². The molecule has 0 unspecified atom stereocenters. The van der Waals surface area contributed by atoms with E-state index in [4.69, 9.17) is 4.74 Å². The van der Waals surface area contributed by atoms with Gasteiger partial charge in [0.2, 0.25) is 11.8 Å². The van der Waals surface area contributed by atoms with Crippen LogP contribution in [0.4, 0.5) is 5.69 Å². The van der Waals surface area contributed by atoms with Crippen LogP contribution in [0.1, 0.15) is 12.5 Å². The first kappa shape index (κ1) is 18.5. The summed E-state index contributed by atoms with van der Waals surface area (Å²) in [7, 11) is 0. The van der Waals surface area contributed by atoms with Crippen molar-refractivity contribution in [3.05, 3.63) is 72.3 Å². The number of hydrogen-bond donors (Lipinski definition) is 2. The van der Waals surface area contributed by atoms with Gasteiger partial charge in [0.1, 0.15) is 5.75 Å². The number of nitrogens with one attached hydrogen (secondary N) is 2. The molecule has 3 aromatic rings. The Kier molecular flexibility index (Phi) is 6.05. The van der Waals surface area contributed by atoms with E-state index in [-0.39, 0.29) is 24.8 Å². The molecule has 0 atom stereocenters. The second-order valence-corrected chi connectivity index (χ2v) is 6.07. The molecule has 27 heavy (non-hydrogen) atoms. The highest BCUT2D eigenvalue weighted by Crippen LogP contribution is 2.23. The van der Waals surface area contributed by atoms with E-state index in [1.54, 1.807) is 12.1 Å². The third-order valence-corrected chi connectivity index (χ3v) is 4.14. The third-order valence-electron chi connectivity index (χ3n) is 4.14. The molecule has 3 rings (SSSR count). The predicted molar refractivity (Wildman–Crippen MR) is 107 cm³/mol. The van der Waals surface area contributed by atoms with Crippen LogP contribution in [-0.4, -0.2) is 25.0 Å². The summed E-state index contributed by atoms with van der Waals surface area (Å²) in [6, 6.07) is 21.0. The van der Waals surface area contributed by atoms with Crippen LogP contribution >= 0.6 is 0 Å². The van der Waals surface area contributed by atoms with Gasteiger partial charge in [-0.05, 0) is 35.4 Å². The van der Waals surface area contributed by atoms with Crippen LogP contribution in [0.15, 0.2) is 66.7 Å². The van der Waals surface area contributed by atoms with Gasteiger partial charge in [0.25, 0.3) is 0 Å². The van der Waals surface area contributed by atoms with E-state index in [1.807, 2.05) is 61.5 Å². The highest BCUT2D eigenvalue weighted by Gasteiger charge is 2.10. The average Bonchev–Trinajstić information content (AvgIpc) is 2.68. The monoisotopic (exact) mass is 362 g/mol. The minimum Gasteiger partial charge on any atom is -0.492 e. The van der Waals surface area contributed by atoms with Crippen molar-refractivity contribution in [3.8, 4) is 5.75 Å². The molecular weight excluding hydrogens is 340 g/mol. The molecule has 0 aliphatic carbocycles. The lowest BCUT2D eigenvalue weighted by molar-refractivity contribution is -0.123. The molecule has 2 amide bonds. The number of para-hydroxylation sites is 2. The number of ether oxygens (including phenoxy) is 1. The van der Waals surface area contributed by atoms with Crippen molar-refractivity contribution in [3.63, 3.8) is 0 Å². The number of hydrogen-bond acceptors (Lipinski definition) is 3. The fraction of sp³-hybridized carbons (Fsp3) is 0.182. The lowest BCUT2D eigenvalue weighted by Crippen LogP contribution is -2.33. The van der Waals surface area contributed by atoms with Crippen LogP contribution in [0.3, 0.4) is 0 Å². The van der Waals surface area contributed by atoms with Crippen LogP contribution in [0.2, 0.25) is 0 Å². The lowest BCUT2D eigenvalue weighted by Gasteiger charge is -2.12. The number of carbonyl (C=O) groups excluding carboxylic acids is 2. The Hall–Kier alpha value is -3.34. The number of anilines is 1. The number of rotatable bonds is 7. The minimum atomic E-state index is -0.298. The van der Waals surface area contributed by atoms with E-state index in [0.717, 1.165) is 16.3 Å². The van der Waals surface area contributed by atoms with Crippen molar-refractivity contribution in [2.24, 2.45) is 0 Å². The molecule has 3 aromatic carbocycles. The van der Waals surface area contributed by atoms with Crippen molar-refractivity contribution in [1.29, 1.82) is 0 Å². The quantitative estimate of drug-likeness (QED) is 0.676. The topological polar surface area (TPSA) is 67.4 Å². The highest BCUT2D eigenvalue weighted by molar-refractivity contribution is 5.96. The van der Waals surface area contributed by atoms with Gasteiger partial charge in [-0.3, -0.25) is 9.59 Å². The van der Waals surface area contributed by atoms with Crippen molar-refractivity contribution < 1.29 is 14.3 Å². The SMILES string of the molecule is CCOc1ccccc1NC(=O)CNC(=O)Cc1cccc2ccccc12. The summed E-state index contributed by atoms with van der Waals surface area (Å²) in [6.07, 6.45) is 0.226. The molecule has 0 aliphatic heterocycles. The van der Waals surface area contributed by atoms with Crippen LogP contribution < -0.4 is 15.4 Å². The van der Waals surface area contributed by atoms with Gasteiger partial charge >= 0.3 is 0 Å². The molecular formula is C22H22N2O3. The maximum absolute atomic E-state index is 12.3.